The number of hydrogen-bond acceptors (Lipinski definition) is 1. The molecule has 0 bridgehead atoms. The van der Waals surface area contributed by atoms with Crippen LogP contribution in [0.2, 0.25) is 0 Å². The first-order valence-electron chi connectivity index (χ1n) is 7.16. The second-order valence-corrected chi connectivity index (χ2v) is 6.15. The Hall–Kier alpha value is -1.12. The van der Waals surface area contributed by atoms with E-state index in [0.29, 0.717) is 0 Å². The van der Waals surface area contributed by atoms with Crippen LogP contribution in [0.1, 0.15) is 37.3 Å². The van der Waals surface area contributed by atoms with Gasteiger partial charge in [-0.1, -0.05) is 65.3 Å². The summed E-state index contributed by atoms with van der Waals surface area (Å²) in [6.45, 7) is 2.05. The fourth-order valence-corrected chi connectivity index (χ4v) is 2.93. The van der Waals surface area contributed by atoms with E-state index in [0.717, 1.165) is 35.7 Å². The maximum atomic E-state index is 10.9. The molecule has 0 aliphatic rings. The molecule has 0 aromatic heterocycles. The third kappa shape index (κ3) is 3.94. The van der Waals surface area contributed by atoms with E-state index in [1.54, 1.807) is 0 Å². The smallest absolute Gasteiger partial charge is 0.0894 e. The molecule has 106 valence electrons. The molecule has 0 amide bonds. The largest absolute Gasteiger partial charge is 0.385 e. The highest BCUT2D eigenvalue weighted by Crippen LogP contribution is 2.32. The number of aryl methyl sites for hydroxylation is 1. The monoisotopic (exact) mass is 332 g/mol. The van der Waals surface area contributed by atoms with Gasteiger partial charge in [0, 0.05) is 4.47 Å². The molecule has 1 atom stereocenters. The van der Waals surface area contributed by atoms with Crippen LogP contribution in [0, 0.1) is 0 Å². The van der Waals surface area contributed by atoms with Crippen molar-refractivity contribution in [3.05, 3.63) is 70.2 Å². The Labute approximate surface area is 129 Å². The fraction of sp³-hybridized carbons (Fsp3) is 0.333. The summed E-state index contributed by atoms with van der Waals surface area (Å²) in [6.07, 6.45) is 3.52. The van der Waals surface area contributed by atoms with Gasteiger partial charge >= 0.3 is 0 Å². The number of aliphatic hydroxyl groups is 1. The predicted molar refractivity (Wildman–Crippen MR) is 87.7 cm³/mol. The van der Waals surface area contributed by atoms with Crippen molar-refractivity contribution in [2.24, 2.45) is 0 Å². The third-order valence-electron chi connectivity index (χ3n) is 3.85. The summed E-state index contributed by atoms with van der Waals surface area (Å²) >= 11 is 3.48. The Bertz CT molecular complexity index is 538. The van der Waals surface area contributed by atoms with E-state index in [4.69, 9.17) is 0 Å². The van der Waals surface area contributed by atoms with Gasteiger partial charge in [0.2, 0.25) is 0 Å². The van der Waals surface area contributed by atoms with Crippen molar-refractivity contribution >= 4 is 15.9 Å². The normalized spacial score (nSPS) is 13.9. The topological polar surface area (TPSA) is 20.2 Å². The fourth-order valence-electron chi connectivity index (χ4n) is 2.53. The number of benzene rings is 2. The zero-order valence-corrected chi connectivity index (χ0v) is 13.4. The lowest BCUT2D eigenvalue weighted by atomic mass is 9.86. The lowest BCUT2D eigenvalue weighted by Gasteiger charge is -2.27. The summed E-state index contributed by atoms with van der Waals surface area (Å²) < 4.78 is 1.02. The summed E-state index contributed by atoms with van der Waals surface area (Å²) in [5, 5.41) is 10.9. The van der Waals surface area contributed by atoms with Gasteiger partial charge in [-0.25, -0.2) is 0 Å². The second-order valence-electron chi connectivity index (χ2n) is 5.23. The molecule has 1 unspecified atom stereocenters. The van der Waals surface area contributed by atoms with Crippen molar-refractivity contribution in [2.75, 3.05) is 0 Å². The van der Waals surface area contributed by atoms with E-state index in [-0.39, 0.29) is 0 Å². The molecule has 0 heterocycles. The molecule has 0 aliphatic heterocycles. The Balaban J connectivity index is 2.01. The third-order valence-corrected chi connectivity index (χ3v) is 4.34. The maximum absolute atomic E-state index is 10.9. The van der Waals surface area contributed by atoms with Gasteiger partial charge in [0.05, 0.1) is 5.60 Å². The summed E-state index contributed by atoms with van der Waals surface area (Å²) in [4.78, 5) is 0. The van der Waals surface area contributed by atoms with Crippen LogP contribution in [-0.4, -0.2) is 5.11 Å². The van der Waals surface area contributed by atoms with Crippen LogP contribution in [0.5, 0.6) is 0 Å². The van der Waals surface area contributed by atoms with E-state index in [1.165, 1.54) is 5.56 Å². The molecule has 20 heavy (non-hydrogen) atoms. The SMILES string of the molecule is CCC(O)(CCCc1ccccc1)c1cccc(Br)c1. The van der Waals surface area contributed by atoms with Crippen LogP contribution in [0.25, 0.3) is 0 Å². The van der Waals surface area contributed by atoms with Crippen molar-refractivity contribution in [1.82, 2.24) is 0 Å². The van der Waals surface area contributed by atoms with Gasteiger partial charge in [0.25, 0.3) is 0 Å². The van der Waals surface area contributed by atoms with E-state index in [9.17, 15) is 5.11 Å². The minimum Gasteiger partial charge on any atom is -0.385 e. The van der Waals surface area contributed by atoms with Crippen LogP contribution in [0.15, 0.2) is 59.1 Å². The highest BCUT2D eigenvalue weighted by molar-refractivity contribution is 9.10. The van der Waals surface area contributed by atoms with E-state index in [1.807, 2.05) is 37.3 Å². The van der Waals surface area contributed by atoms with Gasteiger partial charge in [-0.2, -0.15) is 0 Å². The maximum Gasteiger partial charge on any atom is 0.0894 e. The molecular formula is C18H21BrO. The first-order chi connectivity index (χ1) is 9.64. The van der Waals surface area contributed by atoms with Crippen LogP contribution in [0.4, 0.5) is 0 Å². The second kappa shape index (κ2) is 7.05. The van der Waals surface area contributed by atoms with Gasteiger partial charge in [0.15, 0.2) is 0 Å². The van der Waals surface area contributed by atoms with Gasteiger partial charge in [-0.05, 0) is 48.9 Å². The first kappa shape index (κ1) is 15.3. The summed E-state index contributed by atoms with van der Waals surface area (Å²) in [7, 11) is 0. The van der Waals surface area contributed by atoms with Crippen LogP contribution >= 0.6 is 15.9 Å². The summed E-state index contributed by atoms with van der Waals surface area (Å²) in [5.41, 5.74) is 1.61. The summed E-state index contributed by atoms with van der Waals surface area (Å²) in [5.74, 6) is 0. The van der Waals surface area contributed by atoms with Crippen molar-refractivity contribution in [3.63, 3.8) is 0 Å². The zero-order valence-electron chi connectivity index (χ0n) is 11.8. The van der Waals surface area contributed by atoms with Crippen molar-refractivity contribution in [1.29, 1.82) is 0 Å². The van der Waals surface area contributed by atoms with Gasteiger partial charge in [0.1, 0.15) is 0 Å². The Morgan fingerprint density at radius 2 is 1.80 bits per heavy atom. The number of hydrogen-bond donors (Lipinski definition) is 1. The molecule has 2 aromatic carbocycles. The molecular weight excluding hydrogens is 312 g/mol. The highest BCUT2D eigenvalue weighted by atomic mass is 79.9. The lowest BCUT2D eigenvalue weighted by Crippen LogP contribution is -2.24. The van der Waals surface area contributed by atoms with Crippen molar-refractivity contribution < 1.29 is 5.11 Å². The minimum atomic E-state index is -0.724. The van der Waals surface area contributed by atoms with Crippen LogP contribution < -0.4 is 0 Å². The standard InChI is InChI=1S/C18H21BrO/c1-2-18(20,16-11-6-12-17(19)14-16)13-7-10-15-8-4-3-5-9-15/h3-6,8-9,11-12,14,20H,2,7,10,13H2,1H3. The average Bonchev–Trinajstić information content (AvgIpc) is 2.48. The average molecular weight is 333 g/mol. The van der Waals surface area contributed by atoms with Gasteiger partial charge in [-0.3, -0.25) is 0 Å². The molecule has 0 saturated carbocycles. The molecule has 2 aromatic rings. The quantitative estimate of drug-likeness (QED) is 0.782. The molecule has 1 N–H and O–H groups in total. The van der Waals surface area contributed by atoms with Gasteiger partial charge in [-0.15, -0.1) is 0 Å². The van der Waals surface area contributed by atoms with E-state index < -0.39 is 5.60 Å². The number of rotatable bonds is 6. The molecule has 0 saturated heterocycles. The van der Waals surface area contributed by atoms with Gasteiger partial charge < -0.3 is 5.11 Å². The molecule has 0 spiro atoms. The highest BCUT2D eigenvalue weighted by Gasteiger charge is 2.26. The molecule has 0 radical (unpaired) electrons. The lowest BCUT2D eigenvalue weighted by molar-refractivity contribution is 0.0214. The summed E-state index contributed by atoms with van der Waals surface area (Å²) in [6, 6.07) is 18.5. The van der Waals surface area contributed by atoms with Crippen molar-refractivity contribution in [3.8, 4) is 0 Å². The Kier molecular flexibility index (Phi) is 5.38. The van der Waals surface area contributed by atoms with Crippen LogP contribution in [-0.2, 0) is 12.0 Å². The molecule has 1 nitrogen and oxygen atoms in total. The minimum absolute atomic E-state index is 0.724. The Morgan fingerprint density at radius 3 is 2.45 bits per heavy atom. The zero-order chi connectivity index (χ0) is 14.4. The van der Waals surface area contributed by atoms with E-state index >= 15 is 0 Å². The van der Waals surface area contributed by atoms with E-state index in [2.05, 4.69) is 40.2 Å². The predicted octanol–water partition coefficient (Wildman–Crippen LogP) is 5.07. The molecule has 0 fully saturated rings. The number of halogens is 1. The molecule has 2 heteroatoms. The van der Waals surface area contributed by atoms with Crippen LogP contribution in [0.3, 0.4) is 0 Å². The van der Waals surface area contributed by atoms with Crippen molar-refractivity contribution in [2.45, 2.75) is 38.2 Å². The Morgan fingerprint density at radius 1 is 1.05 bits per heavy atom. The molecule has 0 aliphatic carbocycles. The first-order valence-corrected chi connectivity index (χ1v) is 7.96. The molecule has 2 rings (SSSR count).